The van der Waals surface area contributed by atoms with Gasteiger partial charge < -0.3 is 10.8 Å². The third-order valence-corrected chi connectivity index (χ3v) is 5.08. The standard InChI is InChI=1S/C10H16ClN3O3S/c1-10(2,6-15)14(3)18(16,17)7-4-8(11)9(12)13-5-7/h4-5,15H,6H2,1-3H3,(H2,12,13). The summed E-state index contributed by atoms with van der Waals surface area (Å²) in [4.78, 5) is 3.65. The van der Waals surface area contributed by atoms with Crippen molar-refractivity contribution in [2.45, 2.75) is 24.3 Å². The van der Waals surface area contributed by atoms with Crippen LogP contribution >= 0.6 is 11.6 Å². The Morgan fingerprint density at radius 2 is 2.11 bits per heavy atom. The van der Waals surface area contributed by atoms with Crippen molar-refractivity contribution >= 4 is 27.4 Å². The summed E-state index contributed by atoms with van der Waals surface area (Å²) in [5.41, 5.74) is 4.50. The molecule has 1 rings (SSSR count). The number of aliphatic hydroxyl groups excluding tert-OH is 1. The third kappa shape index (κ3) is 2.74. The molecule has 0 amide bonds. The Kier molecular flexibility index (Phi) is 4.22. The lowest BCUT2D eigenvalue weighted by Crippen LogP contribution is -2.47. The van der Waals surface area contributed by atoms with E-state index in [2.05, 4.69) is 4.98 Å². The Hall–Kier alpha value is -0.890. The van der Waals surface area contributed by atoms with E-state index in [9.17, 15) is 13.5 Å². The van der Waals surface area contributed by atoms with E-state index in [1.807, 2.05) is 0 Å². The number of anilines is 1. The molecule has 1 aromatic rings. The number of nitrogens with two attached hydrogens (primary N) is 1. The van der Waals surface area contributed by atoms with Gasteiger partial charge in [0, 0.05) is 13.2 Å². The van der Waals surface area contributed by atoms with Crippen LogP contribution in [0.25, 0.3) is 0 Å². The van der Waals surface area contributed by atoms with Crippen molar-refractivity contribution in [2.75, 3.05) is 19.4 Å². The molecule has 3 N–H and O–H groups in total. The number of likely N-dealkylation sites (N-methyl/N-ethyl adjacent to an activating group) is 1. The molecule has 0 bridgehead atoms. The minimum Gasteiger partial charge on any atom is -0.394 e. The van der Waals surface area contributed by atoms with E-state index in [0.717, 1.165) is 10.5 Å². The summed E-state index contributed by atoms with van der Waals surface area (Å²) in [6.07, 6.45) is 1.14. The van der Waals surface area contributed by atoms with Gasteiger partial charge in [0.05, 0.1) is 17.2 Å². The molecule has 1 aromatic heterocycles. The Morgan fingerprint density at radius 3 is 2.56 bits per heavy atom. The number of nitrogens with zero attached hydrogens (tertiary/aromatic N) is 2. The van der Waals surface area contributed by atoms with Gasteiger partial charge in [-0.3, -0.25) is 0 Å². The number of pyridine rings is 1. The van der Waals surface area contributed by atoms with Crippen molar-refractivity contribution in [3.8, 4) is 0 Å². The zero-order valence-corrected chi connectivity index (χ0v) is 12.0. The first kappa shape index (κ1) is 15.2. The maximum Gasteiger partial charge on any atom is 0.244 e. The fourth-order valence-electron chi connectivity index (χ4n) is 1.16. The first-order valence-corrected chi connectivity index (χ1v) is 6.95. The Bertz CT molecular complexity index is 545. The monoisotopic (exact) mass is 293 g/mol. The van der Waals surface area contributed by atoms with Crippen molar-refractivity contribution in [1.82, 2.24) is 9.29 Å². The highest BCUT2D eigenvalue weighted by Gasteiger charge is 2.33. The van der Waals surface area contributed by atoms with Crippen molar-refractivity contribution in [1.29, 1.82) is 0 Å². The zero-order valence-electron chi connectivity index (χ0n) is 10.4. The summed E-state index contributed by atoms with van der Waals surface area (Å²) in [7, 11) is -2.39. The first-order chi connectivity index (χ1) is 8.13. The Labute approximate surface area is 111 Å². The van der Waals surface area contributed by atoms with Gasteiger partial charge in [-0.15, -0.1) is 0 Å². The number of nitrogen functional groups attached to an aromatic ring is 1. The Morgan fingerprint density at radius 1 is 1.56 bits per heavy atom. The molecule has 102 valence electrons. The molecule has 18 heavy (non-hydrogen) atoms. The minimum absolute atomic E-state index is 0.0641. The van der Waals surface area contributed by atoms with Crippen molar-refractivity contribution < 1.29 is 13.5 Å². The lowest BCUT2D eigenvalue weighted by Gasteiger charge is -2.32. The second-order valence-corrected chi connectivity index (χ2v) is 6.86. The molecule has 0 spiro atoms. The highest BCUT2D eigenvalue weighted by molar-refractivity contribution is 7.89. The van der Waals surface area contributed by atoms with E-state index in [-0.39, 0.29) is 22.3 Å². The number of hydrogen-bond donors (Lipinski definition) is 2. The predicted molar refractivity (Wildman–Crippen MR) is 69.8 cm³/mol. The van der Waals surface area contributed by atoms with E-state index in [0.29, 0.717) is 0 Å². The molecule has 8 heteroatoms. The lowest BCUT2D eigenvalue weighted by molar-refractivity contribution is 0.138. The van der Waals surface area contributed by atoms with Gasteiger partial charge in [-0.05, 0) is 19.9 Å². The number of aromatic nitrogens is 1. The Balaban J connectivity index is 3.26. The summed E-state index contributed by atoms with van der Waals surface area (Å²) in [5.74, 6) is 0.0692. The largest absolute Gasteiger partial charge is 0.394 e. The molecule has 0 aliphatic carbocycles. The average molecular weight is 294 g/mol. The van der Waals surface area contributed by atoms with Crippen LogP contribution < -0.4 is 5.73 Å². The van der Waals surface area contributed by atoms with Gasteiger partial charge in [-0.2, -0.15) is 4.31 Å². The van der Waals surface area contributed by atoms with E-state index in [1.54, 1.807) is 13.8 Å². The molecule has 0 atom stereocenters. The van der Waals surface area contributed by atoms with E-state index in [4.69, 9.17) is 17.3 Å². The number of rotatable bonds is 4. The van der Waals surface area contributed by atoms with Crippen LogP contribution in [-0.4, -0.2) is 42.0 Å². The fraction of sp³-hybridized carbons (Fsp3) is 0.500. The van der Waals surface area contributed by atoms with Gasteiger partial charge in [0.2, 0.25) is 10.0 Å². The van der Waals surface area contributed by atoms with Crippen LogP contribution in [0.2, 0.25) is 5.02 Å². The maximum atomic E-state index is 12.3. The number of sulfonamides is 1. The van der Waals surface area contributed by atoms with Crippen LogP contribution in [-0.2, 0) is 10.0 Å². The lowest BCUT2D eigenvalue weighted by atomic mass is 10.1. The highest BCUT2D eigenvalue weighted by Crippen LogP contribution is 2.25. The minimum atomic E-state index is -3.78. The second kappa shape index (κ2) is 5.00. The molecule has 0 saturated carbocycles. The SMILES string of the molecule is CN(C(C)(C)CO)S(=O)(=O)c1cnc(N)c(Cl)c1. The molecule has 0 aromatic carbocycles. The van der Waals surface area contributed by atoms with Crippen LogP contribution in [0.15, 0.2) is 17.2 Å². The summed E-state index contributed by atoms with van der Waals surface area (Å²) < 4.78 is 25.6. The average Bonchev–Trinajstić information content (AvgIpc) is 2.31. The van der Waals surface area contributed by atoms with Crippen LogP contribution in [0.5, 0.6) is 0 Å². The number of aliphatic hydroxyl groups is 1. The second-order valence-electron chi connectivity index (χ2n) is 4.48. The third-order valence-electron chi connectivity index (χ3n) is 2.74. The van der Waals surface area contributed by atoms with Crippen LogP contribution in [0, 0.1) is 0 Å². The molecule has 0 aliphatic heterocycles. The number of halogens is 1. The topological polar surface area (TPSA) is 96.5 Å². The summed E-state index contributed by atoms with van der Waals surface area (Å²) in [6, 6.07) is 1.24. The van der Waals surface area contributed by atoms with E-state index < -0.39 is 15.6 Å². The fourth-order valence-corrected chi connectivity index (χ4v) is 2.86. The first-order valence-electron chi connectivity index (χ1n) is 5.14. The molecule has 0 fully saturated rings. The van der Waals surface area contributed by atoms with Gasteiger partial charge in [0.15, 0.2) is 0 Å². The molecule has 0 radical (unpaired) electrons. The van der Waals surface area contributed by atoms with Gasteiger partial charge in [0.1, 0.15) is 10.7 Å². The molecule has 0 saturated heterocycles. The van der Waals surface area contributed by atoms with Gasteiger partial charge in [-0.25, -0.2) is 13.4 Å². The quantitative estimate of drug-likeness (QED) is 0.852. The van der Waals surface area contributed by atoms with Crippen LogP contribution in [0.4, 0.5) is 5.82 Å². The smallest absolute Gasteiger partial charge is 0.244 e. The van der Waals surface area contributed by atoms with Crippen molar-refractivity contribution in [3.63, 3.8) is 0 Å². The van der Waals surface area contributed by atoms with Gasteiger partial charge >= 0.3 is 0 Å². The van der Waals surface area contributed by atoms with E-state index >= 15 is 0 Å². The zero-order chi connectivity index (χ0) is 14.1. The van der Waals surface area contributed by atoms with Gasteiger partial charge in [0.25, 0.3) is 0 Å². The van der Waals surface area contributed by atoms with Crippen LogP contribution in [0.3, 0.4) is 0 Å². The summed E-state index contributed by atoms with van der Waals surface area (Å²) >= 11 is 5.75. The normalized spacial score (nSPS) is 13.0. The highest BCUT2D eigenvalue weighted by atomic mass is 35.5. The van der Waals surface area contributed by atoms with Crippen LogP contribution in [0.1, 0.15) is 13.8 Å². The molecule has 6 nitrogen and oxygen atoms in total. The molecular formula is C10H16ClN3O3S. The van der Waals surface area contributed by atoms with E-state index in [1.165, 1.54) is 13.1 Å². The summed E-state index contributed by atoms with van der Waals surface area (Å²) in [5, 5.41) is 9.28. The number of hydrogen-bond acceptors (Lipinski definition) is 5. The molecule has 0 aliphatic rings. The molecule has 0 unspecified atom stereocenters. The maximum absolute atomic E-state index is 12.3. The molecular weight excluding hydrogens is 278 g/mol. The summed E-state index contributed by atoms with van der Waals surface area (Å²) in [6.45, 7) is 2.91. The van der Waals surface area contributed by atoms with Gasteiger partial charge in [-0.1, -0.05) is 11.6 Å². The van der Waals surface area contributed by atoms with Crippen molar-refractivity contribution in [3.05, 3.63) is 17.3 Å². The molecule has 1 heterocycles. The predicted octanol–water partition coefficient (Wildman–Crippen LogP) is 0.709. The van der Waals surface area contributed by atoms with Crippen molar-refractivity contribution in [2.24, 2.45) is 0 Å².